The van der Waals surface area contributed by atoms with Crippen LogP contribution in [0, 0.1) is 0 Å². The van der Waals surface area contributed by atoms with E-state index in [0.29, 0.717) is 17.5 Å². The van der Waals surface area contributed by atoms with Crippen LogP contribution in [0.4, 0.5) is 11.4 Å². The number of amides is 1. The fourth-order valence-electron chi connectivity index (χ4n) is 3.26. The summed E-state index contributed by atoms with van der Waals surface area (Å²) in [5.41, 5.74) is 1.59. The quantitative estimate of drug-likeness (QED) is 0.735. The number of nitrogens with one attached hydrogen (secondary N) is 2. The molecule has 3 rings (SSSR count). The summed E-state index contributed by atoms with van der Waals surface area (Å²) in [7, 11) is -3.25. The average molecular weight is 403 g/mol. The van der Waals surface area contributed by atoms with Crippen LogP contribution in [0.3, 0.4) is 0 Å². The van der Waals surface area contributed by atoms with Crippen molar-refractivity contribution in [2.45, 2.75) is 43.0 Å². The number of anilines is 2. The molecule has 0 aliphatic heterocycles. The Morgan fingerprint density at radius 3 is 2.18 bits per heavy atom. The minimum Gasteiger partial charge on any atom is -0.484 e. The zero-order chi connectivity index (χ0) is 20.0. The second kappa shape index (κ2) is 9.10. The first kappa shape index (κ1) is 20.2. The number of carbonyl (C=O) groups is 1. The second-order valence-electron chi connectivity index (χ2n) is 7.14. The SMILES string of the molecule is CS(=O)(=O)c1ccc(NC(=O)COc2ccc(NC3CCCCC3)cc2)cc1. The molecule has 0 radical (unpaired) electrons. The minimum absolute atomic E-state index is 0.122. The molecule has 2 aromatic carbocycles. The van der Waals surface area contributed by atoms with E-state index in [1.807, 2.05) is 24.3 Å². The van der Waals surface area contributed by atoms with E-state index in [9.17, 15) is 13.2 Å². The van der Waals surface area contributed by atoms with Crippen molar-refractivity contribution in [2.75, 3.05) is 23.5 Å². The zero-order valence-electron chi connectivity index (χ0n) is 16.0. The molecule has 0 heterocycles. The highest BCUT2D eigenvalue weighted by molar-refractivity contribution is 7.90. The maximum absolute atomic E-state index is 12.0. The molecule has 0 unspecified atom stereocenters. The molecule has 0 atom stereocenters. The molecule has 150 valence electrons. The van der Waals surface area contributed by atoms with Crippen molar-refractivity contribution < 1.29 is 17.9 Å². The van der Waals surface area contributed by atoms with Gasteiger partial charge in [0.1, 0.15) is 5.75 Å². The fraction of sp³-hybridized carbons (Fsp3) is 0.381. The van der Waals surface area contributed by atoms with E-state index >= 15 is 0 Å². The van der Waals surface area contributed by atoms with Gasteiger partial charge in [-0.3, -0.25) is 4.79 Å². The average Bonchev–Trinajstić information content (AvgIpc) is 2.68. The van der Waals surface area contributed by atoms with Crippen molar-refractivity contribution in [3.05, 3.63) is 48.5 Å². The standard InChI is InChI=1S/C21H26N2O4S/c1-28(25,26)20-13-9-18(10-14-20)23-21(24)15-27-19-11-7-17(8-12-19)22-16-5-3-2-4-6-16/h7-14,16,22H,2-6,15H2,1H3,(H,23,24). The first-order valence-electron chi connectivity index (χ1n) is 9.49. The normalized spacial score (nSPS) is 15.0. The van der Waals surface area contributed by atoms with Gasteiger partial charge in [-0.15, -0.1) is 0 Å². The molecule has 28 heavy (non-hydrogen) atoms. The van der Waals surface area contributed by atoms with E-state index in [4.69, 9.17) is 4.74 Å². The summed E-state index contributed by atoms with van der Waals surface area (Å²) >= 11 is 0. The van der Waals surface area contributed by atoms with Crippen LogP contribution in [0.1, 0.15) is 32.1 Å². The lowest BCUT2D eigenvalue weighted by atomic mass is 9.95. The number of hydrogen-bond donors (Lipinski definition) is 2. The molecule has 1 amide bonds. The molecular formula is C21H26N2O4S. The first-order chi connectivity index (χ1) is 13.4. The largest absolute Gasteiger partial charge is 0.484 e. The lowest BCUT2D eigenvalue weighted by Gasteiger charge is -2.23. The maximum atomic E-state index is 12.0. The summed E-state index contributed by atoms with van der Waals surface area (Å²) in [5, 5.41) is 6.23. The Balaban J connectivity index is 1.46. The third-order valence-electron chi connectivity index (χ3n) is 4.77. The Hall–Kier alpha value is -2.54. The minimum atomic E-state index is -3.25. The van der Waals surface area contributed by atoms with E-state index in [1.165, 1.54) is 44.2 Å². The van der Waals surface area contributed by atoms with Gasteiger partial charge in [-0.2, -0.15) is 0 Å². The molecule has 1 fully saturated rings. The smallest absolute Gasteiger partial charge is 0.262 e. The van der Waals surface area contributed by atoms with Crippen LogP contribution >= 0.6 is 0 Å². The lowest BCUT2D eigenvalue weighted by Crippen LogP contribution is -2.22. The molecule has 2 N–H and O–H groups in total. The van der Waals surface area contributed by atoms with Gasteiger partial charge in [-0.25, -0.2) is 8.42 Å². The number of hydrogen-bond acceptors (Lipinski definition) is 5. The summed E-state index contributed by atoms with van der Waals surface area (Å²) in [6, 6.07) is 14.2. The van der Waals surface area contributed by atoms with Crippen LogP contribution in [0.25, 0.3) is 0 Å². The molecule has 0 saturated heterocycles. The van der Waals surface area contributed by atoms with Crippen molar-refractivity contribution in [3.8, 4) is 5.75 Å². The topological polar surface area (TPSA) is 84.5 Å². The number of ether oxygens (including phenoxy) is 1. The van der Waals surface area contributed by atoms with Crippen LogP contribution in [-0.4, -0.2) is 33.2 Å². The van der Waals surface area contributed by atoms with Crippen molar-refractivity contribution in [2.24, 2.45) is 0 Å². The highest BCUT2D eigenvalue weighted by atomic mass is 32.2. The van der Waals surface area contributed by atoms with Crippen molar-refractivity contribution in [3.63, 3.8) is 0 Å². The number of carbonyl (C=O) groups excluding carboxylic acids is 1. The van der Waals surface area contributed by atoms with Gasteiger partial charge in [0, 0.05) is 23.7 Å². The highest BCUT2D eigenvalue weighted by Crippen LogP contribution is 2.23. The monoisotopic (exact) mass is 402 g/mol. The van der Waals surface area contributed by atoms with E-state index < -0.39 is 9.84 Å². The Kier molecular flexibility index (Phi) is 6.57. The molecule has 6 nitrogen and oxygen atoms in total. The Morgan fingerprint density at radius 1 is 0.964 bits per heavy atom. The molecule has 1 aliphatic carbocycles. The lowest BCUT2D eigenvalue weighted by molar-refractivity contribution is -0.118. The van der Waals surface area contributed by atoms with Gasteiger partial charge in [0.2, 0.25) is 0 Å². The second-order valence-corrected chi connectivity index (χ2v) is 9.15. The summed E-state index contributed by atoms with van der Waals surface area (Å²) in [4.78, 5) is 12.2. The summed E-state index contributed by atoms with van der Waals surface area (Å²) in [5.74, 6) is 0.313. The molecule has 1 aliphatic rings. The molecule has 7 heteroatoms. The van der Waals surface area contributed by atoms with Crippen LogP contribution < -0.4 is 15.4 Å². The van der Waals surface area contributed by atoms with Gasteiger partial charge in [-0.1, -0.05) is 19.3 Å². The predicted octanol–water partition coefficient (Wildman–Crippen LogP) is 3.85. The fourth-order valence-corrected chi connectivity index (χ4v) is 3.89. The number of benzene rings is 2. The van der Waals surface area contributed by atoms with Crippen molar-refractivity contribution in [1.29, 1.82) is 0 Å². The zero-order valence-corrected chi connectivity index (χ0v) is 16.8. The summed E-state index contributed by atoms with van der Waals surface area (Å²) in [6.45, 7) is -0.122. The third kappa shape index (κ3) is 5.99. The van der Waals surface area contributed by atoms with Crippen LogP contribution in [0.15, 0.2) is 53.4 Å². The van der Waals surface area contributed by atoms with Gasteiger partial charge in [0.15, 0.2) is 16.4 Å². The van der Waals surface area contributed by atoms with Gasteiger partial charge in [-0.05, 0) is 61.4 Å². The van der Waals surface area contributed by atoms with Gasteiger partial charge >= 0.3 is 0 Å². The van der Waals surface area contributed by atoms with Crippen LogP contribution in [0.2, 0.25) is 0 Å². The molecule has 0 aromatic heterocycles. The van der Waals surface area contributed by atoms with Crippen molar-refractivity contribution in [1.82, 2.24) is 0 Å². The molecular weight excluding hydrogens is 376 g/mol. The van der Waals surface area contributed by atoms with Crippen LogP contribution in [0.5, 0.6) is 5.75 Å². The van der Waals surface area contributed by atoms with E-state index in [2.05, 4.69) is 10.6 Å². The molecule has 1 saturated carbocycles. The van der Waals surface area contributed by atoms with E-state index in [-0.39, 0.29) is 17.4 Å². The number of rotatable bonds is 7. The number of sulfone groups is 1. The summed E-state index contributed by atoms with van der Waals surface area (Å²) in [6.07, 6.45) is 7.46. The molecule has 2 aromatic rings. The molecule has 0 bridgehead atoms. The Morgan fingerprint density at radius 2 is 1.57 bits per heavy atom. The first-order valence-corrected chi connectivity index (χ1v) is 11.4. The van der Waals surface area contributed by atoms with Crippen LogP contribution in [-0.2, 0) is 14.6 Å². The van der Waals surface area contributed by atoms with Gasteiger partial charge in [0.25, 0.3) is 5.91 Å². The maximum Gasteiger partial charge on any atom is 0.262 e. The van der Waals surface area contributed by atoms with Crippen molar-refractivity contribution >= 4 is 27.1 Å². The van der Waals surface area contributed by atoms with Gasteiger partial charge < -0.3 is 15.4 Å². The molecule has 0 spiro atoms. The third-order valence-corrected chi connectivity index (χ3v) is 5.89. The van der Waals surface area contributed by atoms with E-state index in [1.54, 1.807) is 12.1 Å². The Labute approximate surface area is 166 Å². The van der Waals surface area contributed by atoms with Gasteiger partial charge in [0.05, 0.1) is 4.90 Å². The Bertz CT molecular complexity index is 887. The summed E-state index contributed by atoms with van der Waals surface area (Å²) < 4.78 is 28.4. The van der Waals surface area contributed by atoms with E-state index in [0.717, 1.165) is 11.9 Å². The predicted molar refractivity (Wildman–Crippen MR) is 111 cm³/mol. The highest BCUT2D eigenvalue weighted by Gasteiger charge is 2.13.